The molecular formula is C23H30N6O2. The van der Waals surface area contributed by atoms with Gasteiger partial charge >= 0.3 is 0 Å². The number of allylic oxidation sites excluding steroid dienone is 1. The number of amidine groups is 1. The number of ether oxygens (including phenoxy) is 1. The van der Waals surface area contributed by atoms with Gasteiger partial charge in [0.2, 0.25) is 0 Å². The largest absolute Gasteiger partial charge is 0.492 e. The second kappa shape index (κ2) is 7.21. The number of azo groups is 1. The van der Waals surface area contributed by atoms with Gasteiger partial charge in [0, 0.05) is 49.8 Å². The van der Waals surface area contributed by atoms with Crippen LogP contribution in [0.15, 0.2) is 74.3 Å². The van der Waals surface area contributed by atoms with Gasteiger partial charge in [-0.15, -0.1) is 5.11 Å². The van der Waals surface area contributed by atoms with E-state index in [1.54, 1.807) is 6.20 Å². The lowest BCUT2D eigenvalue weighted by Gasteiger charge is -2.41. The predicted molar refractivity (Wildman–Crippen MR) is 120 cm³/mol. The van der Waals surface area contributed by atoms with Gasteiger partial charge in [0.25, 0.3) is 0 Å². The third kappa shape index (κ3) is 3.30. The van der Waals surface area contributed by atoms with Crippen LogP contribution >= 0.6 is 0 Å². The summed E-state index contributed by atoms with van der Waals surface area (Å²) in [6, 6.07) is 0. The van der Waals surface area contributed by atoms with Gasteiger partial charge in [0.15, 0.2) is 17.1 Å². The van der Waals surface area contributed by atoms with Crippen LogP contribution in [0.1, 0.15) is 27.7 Å². The standard InChI is InChI=1S/C23H30N6O2/c1-14-10-25-21-23-16(17(12-29(21)6)22(2,3)4)9-15(19(23)20(24)26-27-23)11-28(5)7-8-31-13-18(14)30/h7-9,11-12,14H,10,13,24H2,1-6H3/b8-7-,15-11-,25-21+. The number of aliphatic imine (C=N–C) groups is 1. The molecule has 8 nitrogen and oxygen atoms in total. The quantitative estimate of drug-likeness (QED) is 0.647. The molecule has 0 amide bonds. The maximum Gasteiger partial charge on any atom is 0.193 e. The zero-order valence-electron chi connectivity index (χ0n) is 19.0. The Morgan fingerprint density at radius 1 is 1.26 bits per heavy atom. The lowest BCUT2D eigenvalue weighted by atomic mass is 9.72. The Morgan fingerprint density at radius 3 is 2.71 bits per heavy atom. The summed E-state index contributed by atoms with van der Waals surface area (Å²) in [5.41, 5.74) is 9.31. The number of nitrogens with two attached hydrogens (primary N) is 1. The van der Waals surface area contributed by atoms with Crippen molar-refractivity contribution in [3.63, 3.8) is 0 Å². The van der Waals surface area contributed by atoms with E-state index in [1.165, 1.54) is 6.26 Å². The summed E-state index contributed by atoms with van der Waals surface area (Å²) in [4.78, 5) is 21.3. The number of carbonyl (C=O) groups excluding carboxylic acids is 1. The van der Waals surface area contributed by atoms with E-state index in [4.69, 9.17) is 20.6 Å². The molecule has 2 atom stereocenters. The van der Waals surface area contributed by atoms with Crippen molar-refractivity contribution in [1.82, 2.24) is 9.80 Å². The minimum atomic E-state index is -0.893. The van der Waals surface area contributed by atoms with Crippen molar-refractivity contribution in [1.29, 1.82) is 0 Å². The summed E-state index contributed by atoms with van der Waals surface area (Å²) in [6.07, 6.45) is 9.52. The minimum Gasteiger partial charge on any atom is -0.492 e. The number of hydrogen-bond donors (Lipinski definition) is 1. The third-order valence-corrected chi connectivity index (χ3v) is 6.01. The van der Waals surface area contributed by atoms with Crippen LogP contribution in [0.3, 0.4) is 0 Å². The van der Waals surface area contributed by atoms with Crippen LogP contribution in [0.5, 0.6) is 0 Å². The van der Waals surface area contributed by atoms with E-state index in [0.29, 0.717) is 12.4 Å². The van der Waals surface area contributed by atoms with E-state index in [9.17, 15) is 4.79 Å². The lowest BCUT2D eigenvalue weighted by Crippen LogP contribution is -2.50. The van der Waals surface area contributed by atoms with Gasteiger partial charge in [-0.05, 0) is 22.6 Å². The second-order valence-electron chi connectivity index (χ2n) is 9.51. The van der Waals surface area contributed by atoms with Crippen LogP contribution in [0.2, 0.25) is 0 Å². The molecule has 1 spiro atoms. The van der Waals surface area contributed by atoms with Crippen LogP contribution in [-0.2, 0) is 9.53 Å². The normalized spacial score (nSPS) is 33.0. The molecule has 8 heteroatoms. The molecular weight excluding hydrogens is 392 g/mol. The van der Waals surface area contributed by atoms with Crippen LogP contribution in [-0.4, -0.2) is 54.2 Å². The maximum absolute atomic E-state index is 12.5. The molecule has 3 heterocycles. The first kappa shape index (κ1) is 21.1. The van der Waals surface area contributed by atoms with Gasteiger partial charge in [0.05, 0.1) is 12.8 Å². The second-order valence-corrected chi connectivity index (χ2v) is 9.51. The highest BCUT2D eigenvalue weighted by atomic mass is 16.5. The van der Waals surface area contributed by atoms with E-state index in [2.05, 4.69) is 38.2 Å². The molecule has 31 heavy (non-hydrogen) atoms. The Balaban J connectivity index is 1.99. The molecule has 0 aromatic heterocycles. The number of ketones is 1. The highest BCUT2D eigenvalue weighted by Crippen LogP contribution is 2.55. The van der Waals surface area contributed by atoms with Crippen LogP contribution in [0, 0.1) is 11.3 Å². The molecule has 2 unspecified atom stereocenters. The van der Waals surface area contributed by atoms with Crippen molar-refractivity contribution in [2.24, 2.45) is 32.3 Å². The van der Waals surface area contributed by atoms with Crippen LogP contribution in [0.25, 0.3) is 0 Å². The molecule has 0 saturated carbocycles. The van der Waals surface area contributed by atoms with Gasteiger partial charge in [-0.25, -0.2) is 0 Å². The van der Waals surface area contributed by atoms with Crippen molar-refractivity contribution in [2.45, 2.75) is 33.2 Å². The topological polar surface area (TPSA) is 95.9 Å². The van der Waals surface area contributed by atoms with E-state index in [-0.39, 0.29) is 23.7 Å². The number of rotatable bonds is 0. The summed E-state index contributed by atoms with van der Waals surface area (Å²) in [7, 11) is 3.87. The molecule has 1 aliphatic carbocycles. The summed E-state index contributed by atoms with van der Waals surface area (Å²) in [6.45, 7) is 8.76. The Bertz CT molecular complexity index is 1040. The fraction of sp³-hybridized carbons (Fsp3) is 0.478. The summed E-state index contributed by atoms with van der Waals surface area (Å²) < 4.78 is 5.43. The fourth-order valence-electron chi connectivity index (χ4n) is 4.35. The average Bonchev–Trinajstić information content (AvgIpc) is 3.18. The molecule has 0 radical (unpaired) electrons. The molecule has 0 saturated heterocycles. The average molecular weight is 423 g/mol. The van der Waals surface area contributed by atoms with Crippen molar-refractivity contribution in [2.75, 3.05) is 27.2 Å². The maximum atomic E-state index is 12.5. The summed E-state index contributed by atoms with van der Waals surface area (Å²) in [5.74, 6) is 0.826. The first-order valence-corrected chi connectivity index (χ1v) is 10.5. The van der Waals surface area contributed by atoms with E-state index < -0.39 is 5.54 Å². The monoisotopic (exact) mass is 422 g/mol. The van der Waals surface area contributed by atoms with E-state index in [0.717, 1.165) is 28.1 Å². The number of Topliss-reactive ketones (excluding diaryl/α,β-unsaturated/α-hetero) is 1. The third-order valence-electron chi connectivity index (χ3n) is 6.01. The zero-order chi connectivity index (χ0) is 22.6. The molecule has 164 valence electrons. The van der Waals surface area contributed by atoms with E-state index in [1.807, 2.05) is 37.0 Å². The van der Waals surface area contributed by atoms with Crippen LogP contribution in [0.4, 0.5) is 0 Å². The molecule has 3 aliphatic heterocycles. The molecule has 0 aromatic rings. The Kier molecular flexibility index (Phi) is 4.91. The summed E-state index contributed by atoms with van der Waals surface area (Å²) in [5, 5.41) is 9.04. The van der Waals surface area contributed by atoms with Crippen molar-refractivity contribution in [3.8, 4) is 0 Å². The number of nitrogens with zero attached hydrogens (tertiary/aromatic N) is 5. The van der Waals surface area contributed by atoms with Crippen molar-refractivity contribution >= 4 is 11.6 Å². The van der Waals surface area contributed by atoms with Gasteiger partial charge in [0.1, 0.15) is 12.4 Å². The predicted octanol–water partition coefficient (Wildman–Crippen LogP) is 3.10. The first-order chi connectivity index (χ1) is 14.6. The number of likely N-dealkylation sites (N-methyl/N-ethyl adjacent to an activating group) is 1. The zero-order valence-corrected chi connectivity index (χ0v) is 19.0. The highest BCUT2D eigenvalue weighted by molar-refractivity contribution is 6.05. The molecule has 4 rings (SSSR count). The number of hydrogen-bond acceptors (Lipinski definition) is 8. The minimum absolute atomic E-state index is 0.00246. The lowest BCUT2D eigenvalue weighted by molar-refractivity contribution is -0.125. The first-order valence-electron chi connectivity index (χ1n) is 10.5. The van der Waals surface area contributed by atoms with Gasteiger partial charge in [-0.1, -0.05) is 27.7 Å². The molecule has 4 aliphatic rings. The molecule has 2 bridgehead atoms. The van der Waals surface area contributed by atoms with Gasteiger partial charge in [-0.2, -0.15) is 5.11 Å². The summed E-state index contributed by atoms with van der Waals surface area (Å²) >= 11 is 0. The van der Waals surface area contributed by atoms with Crippen LogP contribution < -0.4 is 5.73 Å². The van der Waals surface area contributed by atoms with Gasteiger partial charge in [-0.3, -0.25) is 9.79 Å². The Morgan fingerprint density at radius 2 is 2.00 bits per heavy atom. The molecule has 0 fully saturated rings. The number of carbonyl (C=O) groups is 1. The SMILES string of the molecule is CC1C/N=C2/N(C)C=C(C(C)(C)C)C3=C/C(=C/N(C)/C=C\OCC1=O)C1=C(N)N=NC312. The smallest absolute Gasteiger partial charge is 0.193 e. The molecule has 2 N–H and O–H groups in total. The van der Waals surface area contributed by atoms with Crippen molar-refractivity contribution < 1.29 is 9.53 Å². The van der Waals surface area contributed by atoms with Gasteiger partial charge < -0.3 is 20.3 Å². The fourth-order valence-corrected chi connectivity index (χ4v) is 4.35. The van der Waals surface area contributed by atoms with E-state index >= 15 is 0 Å². The Hall–Kier alpha value is -3.16. The van der Waals surface area contributed by atoms with Crippen molar-refractivity contribution in [3.05, 3.63) is 59.1 Å². The Labute approximate surface area is 183 Å². The highest BCUT2D eigenvalue weighted by Gasteiger charge is 2.58. The molecule has 0 aromatic carbocycles.